The van der Waals surface area contributed by atoms with Crippen LogP contribution in [0.2, 0.25) is 0 Å². The first-order valence-electron chi connectivity index (χ1n) is 9.05. The zero-order valence-electron chi connectivity index (χ0n) is 14.1. The summed E-state index contributed by atoms with van der Waals surface area (Å²) >= 11 is 0. The quantitative estimate of drug-likeness (QED) is 0.852. The van der Waals surface area contributed by atoms with Crippen molar-refractivity contribution in [3.8, 4) is 0 Å². The smallest absolute Gasteiger partial charge is 0.140 e. The molecule has 1 atom stereocenters. The standard InChI is InChI=1S/C20H26N2O/c1-15-8-10-16(11-9-15)13-17-5-4-12-22(17)14-19-18-6-2-3-7-20(18)23-21-19/h8-11,17H,2-7,12-14H2,1H3. The van der Waals surface area contributed by atoms with Crippen LogP contribution in [0.3, 0.4) is 0 Å². The second-order valence-corrected chi connectivity index (χ2v) is 7.19. The van der Waals surface area contributed by atoms with Crippen LogP contribution in [0.25, 0.3) is 0 Å². The summed E-state index contributed by atoms with van der Waals surface area (Å²) in [6.45, 7) is 4.31. The molecule has 3 heteroatoms. The molecule has 0 saturated carbocycles. The third kappa shape index (κ3) is 3.20. The fourth-order valence-corrected chi connectivity index (χ4v) is 4.10. The summed E-state index contributed by atoms with van der Waals surface area (Å²) in [5.41, 5.74) is 5.41. The van der Waals surface area contributed by atoms with E-state index in [0.717, 1.165) is 31.6 Å². The zero-order valence-corrected chi connectivity index (χ0v) is 14.1. The SMILES string of the molecule is Cc1ccc(CC2CCCN2Cc2noc3c2CCCC3)cc1. The van der Waals surface area contributed by atoms with Crippen molar-refractivity contribution in [2.75, 3.05) is 6.54 Å². The Bertz CT molecular complexity index is 659. The monoisotopic (exact) mass is 310 g/mol. The van der Waals surface area contributed by atoms with Crippen LogP contribution in [0.5, 0.6) is 0 Å². The molecule has 1 fully saturated rings. The third-order valence-electron chi connectivity index (χ3n) is 5.48. The van der Waals surface area contributed by atoms with E-state index < -0.39 is 0 Å². The van der Waals surface area contributed by atoms with Crippen LogP contribution >= 0.6 is 0 Å². The number of rotatable bonds is 4. The number of nitrogens with zero attached hydrogens (tertiary/aromatic N) is 2. The van der Waals surface area contributed by atoms with Crippen LogP contribution in [0.4, 0.5) is 0 Å². The van der Waals surface area contributed by atoms with Crippen molar-refractivity contribution in [1.82, 2.24) is 10.1 Å². The van der Waals surface area contributed by atoms with Gasteiger partial charge >= 0.3 is 0 Å². The highest BCUT2D eigenvalue weighted by molar-refractivity contribution is 5.26. The van der Waals surface area contributed by atoms with Gasteiger partial charge in [0.05, 0.1) is 0 Å². The number of fused-ring (bicyclic) bond motifs is 1. The van der Waals surface area contributed by atoms with E-state index in [-0.39, 0.29) is 0 Å². The normalized spacial score (nSPS) is 21.5. The lowest BCUT2D eigenvalue weighted by Crippen LogP contribution is -2.31. The first kappa shape index (κ1) is 14.9. The van der Waals surface area contributed by atoms with Crippen LogP contribution in [0.15, 0.2) is 28.8 Å². The third-order valence-corrected chi connectivity index (χ3v) is 5.48. The molecular formula is C20H26N2O. The highest BCUT2D eigenvalue weighted by atomic mass is 16.5. The fourth-order valence-electron chi connectivity index (χ4n) is 4.10. The Hall–Kier alpha value is -1.61. The number of aryl methyl sites for hydroxylation is 2. The molecule has 0 radical (unpaired) electrons. The van der Waals surface area contributed by atoms with E-state index in [1.54, 1.807) is 0 Å². The van der Waals surface area contributed by atoms with E-state index in [2.05, 4.69) is 41.2 Å². The van der Waals surface area contributed by atoms with Crippen molar-refractivity contribution in [2.45, 2.75) is 64.5 Å². The Morgan fingerprint density at radius 2 is 1.96 bits per heavy atom. The molecule has 0 N–H and O–H groups in total. The Morgan fingerprint density at radius 3 is 2.83 bits per heavy atom. The Kier molecular flexibility index (Phi) is 4.21. The molecule has 0 amide bonds. The van der Waals surface area contributed by atoms with Gasteiger partial charge in [-0.1, -0.05) is 35.0 Å². The number of aromatic nitrogens is 1. The average Bonchev–Trinajstić information content (AvgIpc) is 3.18. The molecule has 3 nitrogen and oxygen atoms in total. The summed E-state index contributed by atoms with van der Waals surface area (Å²) in [6, 6.07) is 9.66. The van der Waals surface area contributed by atoms with Crippen LogP contribution < -0.4 is 0 Å². The number of likely N-dealkylation sites (tertiary alicyclic amines) is 1. The van der Waals surface area contributed by atoms with Crippen LogP contribution in [-0.2, 0) is 25.8 Å². The molecule has 1 aliphatic carbocycles. The minimum Gasteiger partial charge on any atom is -0.361 e. The topological polar surface area (TPSA) is 29.3 Å². The number of benzene rings is 1. The van der Waals surface area contributed by atoms with E-state index >= 15 is 0 Å². The lowest BCUT2D eigenvalue weighted by molar-refractivity contribution is 0.235. The predicted octanol–water partition coefficient (Wildman–Crippen LogP) is 4.07. The summed E-state index contributed by atoms with van der Waals surface area (Å²) < 4.78 is 5.59. The minimum atomic E-state index is 0.647. The first-order chi connectivity index (χ1) is 11.3. The molecule has 1 unspecified atom stereocenters. The maximum atomic E-state index is 5.59. The van der Waals surface area contributed by atoms with Gasteiger partial charge < -0.3 is 4.52 Å². The molecule has 1 aliphatic heterocycles. The molecule has 122 valence electrons. The Morgan fingerprint density at radius 1 is 1.13 bits per heavy atom. The largest absolute Gasteiger partial charge is 0.361 e. The number of hydrogen-bond acceptors (Lipinski definition) is 3. The van der Waals surface area contributed by atoms with Gasteiger partial charge in [0.1, 0.15) is 11.5 Å². The lowest BCUT2D eigenvalue weighted by atomic mass is 9.96. The van der Waals surface area contributed by atoms with E-state index in [0.29, 0.717) is 6.04 Å². The van der Waals surface area contributed by atoms with Crippen LogP contribution in [0.1, 0.15) is 53.8 Å². The van der Waals surface area contributed by atoms with Gasteiger partial charge in [-0.05, 0) is 57.6 Å². The van der Waals surface area contributed by atoms with E-state index in [1.807, 2.05) is 0 Å². The van der Waals surface area contributed by atoms with E-state index in [4.69, 9.17) is 4.52 Å². The van der Waals surface area contributed by atoms with Gasteiger partial charge in [0.2, 0.25) is 0 Å². The van der Waals surface area contributed by atoms with Crippen molar-refractivity contribution in [3.63, 3.8) is 0 Å². The summed E-state index contributed by atoms with van der Waals surface area (Å²) in [5, 5.41) is 4.40. The highest BCUT2D eigenvalue weighted by Crippen LogP contribution is 2.28. The summed E-state index contributed by atoms with van der Waals surface area (Å²) in [5.74, 6) is 1.15. The molecule has 1 aromatic carbocycles. The van der Waals surface area contributed by atoms with Crippen molar-refractivity contribution < 1.29 is 4.52 Å². The van der Waals surface area contributed by atoms with E-state index in [9.17, 15) is 0 Å². The second kappa shape index (κ2) is 6.48. The predicted molar refractivity (Wildman–Crippen MR) is 91.5 cm³/mol. The molecule has 1 aromatic heterocycles. The summed E-state index contributed by atoms with van der Waals surface area (Å²) in [4.78, 5) is 2.62. The fraction of sp³-hybridized carbons (Fsp3) is 0.550. The van der Waals surface area contributed by atoms with Crippen molar-refractivity contribution in [2.24, 2.45) is 0 Å². The Balaban J connectivity index is 1.45. The van der Waals surface area contributed by atoms with Crippen molar-refractivity contribution in [3.05, 3.63) is 52.4 Å². The molecule has 0 bridgehead atoms. The maximum absolute atomic E-state index is 5.59. The first-order valence-corrected chi connectivity index (χ1v) is 9.05. The maximum Gasteiger partial charge on any atom is 0.140 e. The number of hydrogen-bond donors (Lipinski definition) is 0. The molecule has 2 aliphatic rings. The molecule has 23 heavy (non-hydrogen) atoms. The molecule has 4 rings (SSSR count). The molecule has 1 saturated heterocycles. The van der Waals surface area contributed by atoms with E-state index in [1.165, 1.54) is 54.6 Å². The second-order valence-electron chi connectivity index (χ2n) is 7.19. The molecular weight excluding hydrogens is 284 g/mol. The van der Waals surface area contributed by atoms with Crippen LogP contribution in [-0.4, -0.2) is 22.6 Å². The summed E-state index contributed by atoms with van der Waals surface area (Å²) in [6.07, 6.45) is 8.53. The zero-order chi connectivity index (χ0) is 15.6. The van der Waals surface area contributed by atoms with Gasteiger partial charge in [-0.15, -0.1) is 0 Å². The van der Waals surface area contributed by atoms with Gasteiger partial charge in [0.25, 0.3) is 0 Å². The van der Waals surface area contributed by atoms with Crippen molar-refractivity contribution in [1.29, 1.82) is 0 Å². The Labute approximate surface area is 138 Å². The average molecular weight is 310 g/mol. The lowest BCUT2D eigenvalue weighted by Gasteiger charge is -2.24. The van der Waals surface area contributed by atoms with Crippen molar-refractivity contribution >= 4 is 0 Å². The van der Waals surface area contributed by atoms with Gasteiger partial charge in [0.15, 0.2) is 0 Å². The minimum absolute atomic E-state index is 0.647. The van der Waals surface area contributed by atoms with Gasteiger partial charge in [-0.25, -0.2) is 0 Å². The molecule has 2 heterocycles. The van der Waals surface area contributed by atoms with Crippen LogP contribution in [0, 0.1) is 6.92 Å². The summed E-state index contributed by atoms with van der Waals surface area (Å²) in [7, 11) is 0. The molecule has 2 aromatic rings. The van der Waals surface area contributed by atoms with Gasteiger partial charge in [-0.3, -0.25) is 4.90 Å². The van der Waals surface area contributed by atoms with Gasteiger partial charge in [-0.2, -0.15) is 0 Å². The molecule has 0 spiro atoms. The van der Waals surface area contributed by atoms with Gasteiger partial charge in [0, 0.05) is 24.6 Å². The highest BCUT2D eigenvalue weighted by Gasteiger charge is 2.28.